The zero-order valence-corrected chi connectivity index (χ0v) is 12.9. The second kappa shape index (κ2) is 10.1. The van der Waals surface area contributed by atoms with Gasteiger partial charge in [-0.05, 0) is 12.8 Å². The Morgan fingerprint density at radius 2 is 1.29 bits per heavy atom. The van der Waals surface area contributed by atoms with Crippen molar-refractivity contribution in [3.8, 4) is 0 Å². The molecule has 0 fully saturated rings. The minimum Gasteiger partial charge on any atom is -0.302 e. The second-order valence-corrected chi connectivity index (χ2v) is 5.92. The van der Waals surface area contributed by atoms with Gasteiger partial charge in [-0.3, -0.25) is 9.05 Å². The van der Waals surface area contributed by atoms with Gasteiger partial charge in [-0.2, -0.15) is 0 Å². The lowest BCUT2D eigenvalue weighted by Crippen LogP contribution is -2.19. The van der Waals surface area contributed by atoms with Gasteiger partial charge in [-0.25, -0.2) is 4.57 Å². The van der Waals surface area contributed by atoms with Gasteiger partial charge in [0.05, 0.1) is 12.2 Å². The number of hydrogen-bond acceptors (Lipinski definition) is 3. The third-order valence-electron chi connectivity index (χ3n) is 1.77. The van der Waals surface area contributed by atoms with Gasteiger partial charge in [-0.1, -0.05) is 0 Å². The fourth-order valence-corrected chi connectivity index (χ4v) is 3.22. The molecular formula is C8H15Cl4O4P. The summed E-state index contributed by atoms with van der Waals surface area (Å²) in [6, 6.07) is 0. The SMILES string of the molecule is O=P(O)(OC(CCl)CCCl)OC(CCl)CCCl. The minimum atomic E-state index is -4.18. The summed E-state index contributed by atoms with van der Waals surface area (Å²) >= 11 is 22.1. The molecule has 0 aromatic heterocycles. The van der Waals surface area contributed by atoms with Crippen molar-refractivity contribution in [3.63, 3.8) is 0 Å². The number of alkyl halides is 4. The molecule has 4 nitrogen and oxygen atoms in total. The summed E-state index contributed by atoms with van der Waals surface area (Å²) in [5.41, 5.74) is 0. The summed E-state index contributed by atoms with van der Waals surface area (Å²) in [4.78, 5) is 9.48. The summed E-state index contributed by atoms with van der Waals surface area (Å²) in [5.74, 6) is 0.666. The van der Waals surface area contributed by atoms with Crippen LogP contribution in [0.5, 0.6) is 0 Å². The van der Waals surface area contributed by atoms with E-state index < -0.39 is 20.0 Å². The van der Waals surface area contributed by atoms with Crippen molar-refractivity contribution in [2.75, 3.05) is 23.5 Å². The molecule has 0 amide bonds. The molecule has 9 heteroatoms. The Labute approximate surface area is 121 Å². The molecule has 17 heavy (non-hydrogen) atoms. The van der Waals surface area contributed by atoms with Gasteiger partial charge in [0, 0.05) is 23.5 Å². The minimum absolute atomic E-state index is 0.0572. The van der Waals surface area contributed by atoms with E-state index in [4.69, 9.17) is 55.5 Å². The number of rotatable bonds is 10. The monoisotopic (exact) mass is 346 g/mol. The van der Waals surface area contributed by atoms with Crippen LogP contribution in [0.3, 0.4) is 0 Å². The van der Waals surface area contributed by atoms with Crippen molar-refractivity contribution in [2.45, 2.75) is 25.0 Å². The van der Waals surface area contributed by atoms with Crippen LogP contribution in [0.15, 0.2) is 0 Å². The molecule has 0 aromatic carbocycles. The quantitative estimate of drug-likeness (QED) is 0.484. The molecule has 0 spiro atoms. The average Bonchev–Trinajstić information content (AvgIpc) is 2.27. The molecular weight excluding hydrogens is 333 g/mol. The molecule has 0 saturated heterocycles. The third kappa shape index (κ3) is 8.90. The van der Waals surface area contributed by atoms with Crippen LogP contribution in [-0.4, -0.2) is 40.6 Å². The Kier molecular flexibility index (Phi) is 10.9. The van der Waals surface area contributed by atoms with E-state index in [0.29, 0.717) is 12.8 Å². The lowest BCUT2D eigenvalue weighted by Gasteiger charge is -2.21. The number of halogens is 4. The van der Waals surface area contributed by atoms with Crippen molar-refractivity contribution in [3.05, 3.63) is 0 Å². The van der Waals surface area contributed by atoms with E-state index in [9.17, 15) is 9.46 Å². The van der Waals surface area contributed by atoms with Crippen LogP contribution in [0.2, 0.25) is 0 Å². The lowest BCUT2D eigenvalue weighted by atomic mass is 10.3. The highest BCUT2D eigenvalue weighted by Crippen LogP contribution is 2.47. The highest BCUT2D eigenvalue weighted by Gasteiger charge is 2.29. The van der Waals surface area contributed by atoms with E-state index in [-0.39, 0.29) is 23.5 Å². The van der Waals surface area contributed by atoms with Crippen LogP contribution in [-0.2, 0) is 13.6 Å². The van der Waals surface area contributed by atoms with E-state index in [1.807, 2.05) is 0 Å². The van der Waals surface area contributed by atoms with E-state index in [1.165, 1.54) is 0 Å². The average molecular weight is 348 g/mol. The molecule has 0 aromatic rings. The largest absolute Gasteiger partial charge is 0.472 e. The first-order chi connectivity index (χ1) is 7.99. The van der Waals surface area contributed by atoms with Crippen molar-refractivity contribution < 1.29 is 18.5 Å². The Morgan fingerprint density at radius 1 is 0.941 bits per heavy atom. The third-order valence-corrected chi connectivity index (χ3v) is 4.02. The molecule has 0 aliphatic heterocycles. The van der Waals surface area contributed by atoms with Crippen LogP contribution in [0.1, 0.15) is 12.8 Å². The number of phosphoric ester groups is 1. The first-order valence-electron chi connectivity index (χ1n) is 4.92. The summed E-state index contributed by atoms with van der Waals surface area (Å²) in [5, 5.41) is 0. The highest BCUT2D eigenvalue weighted by atomic mass is 35.5. The van der Waals surface area contributed by atoms with Crippen molar-refractivity contribution in [2.24, 2.45) is 0 Å². The maximum Gasteiger partial charge on any atom is 0.472 e. The molecule has 0 aliphatic carbocycles. The number of phosphoric acid groups is 1. The maximum atomic E-state index is 11.6. The van der Waals surface area contributed by atoms with Gasteiger partial charge in [0.2, 0.25) is 0 Å². The first kappa shape index (κ1) is 18.3. The fourth-order valence-electron chi connectivity index (χ4n) is 0.961. The summed E-state index contributed by atoms with van der Waals surface area (Å²) in [6.07, 6.45) is -0.533. The molecule has 0 radical (unpaired) electrons. The fraction of sp³-hybridized carbons (Fsp3) is 1.00. The zero-order chi connectivity index (χ0) is 13.3. The summed E-state index contributed by atoms with van der Waals surface area (Å²) in [6.45, 7) is 0. The highest BCUT2D eigenvalue weighted by molar-refractivity contribution is 7.47. The predicted octanol–water partition coefficient (Wildman–Crippen LogP) is 3.59. The van der Waals surface area contributed by atoms with Gasteiger partial charge in [0.1, 0.15) is 0 Å². The lowest BCUT2D eigenvalue weighted by molar-refractivity contribution is 0.0861. The van der Waals surface area contributed by atoms with Gasteiger partial charge < -0.3 is 4.89 Å². The van der Waals surface area contributed by atoms with Crippen molar-refractivity contribution >= 4 is 54.2 Å². The molecule has 0 rings (SSSR count). The van der Waals surface area contributed by atoms with Crippen molar-refractivity contribution in [1.29, 1.82) is 0 Å². The standard InChI is InChI=1S/C8H15Cl4O4P/c9-3-1-7(5-11)15-17(13,14)16-8(6-12)2-4-10/h7-8H,1-6H2,(H,13,14). The van der Waals surface area contributed by atoms with Crippen molar-refractivity contribution in [1.82, 2.24) is 0 Å². The van der Waals surface area contributed by atoms with Gasteiger partial charge >= 0.3 is 7.82 Å². The summed E-state index contributed by atoms with van der Waals surface area (Å²) < 4.78 is 21.4. The van der Waals surface area contributed by atoms with Crippen LogP contribution in [0, 0.1) is 0 Å². The van der Waals surface area contributed by atoms with Crippen LogP contribution in [0.25, 0.3) is 0 Å². The molecule has 0 aliphatic rings. The second-order valence-electron chi connectivity index (χ2n) is 3.19. The van der Waals surface area contributed by atoms with Crippen LogP contribution >= 0.6 is 54.2 Å². The van der Waals surface area contributed by atoms with Crippen LogP contribution in [0.4, 0.5) is 0 Å². The van der Waals surface area contributed by atoms with E-state index in [1.54, 1.807) is 0 Å². The predicted molar refractivity (Wildman–Crippen MR) is 71.7 cm³/mol. The molecule has 2 unspecified atom stereocenters. The molecule has 0 bridgehead atoms. The molecule has 0 saturated carbocycles. The smallest absolute Gasteiger partial charge is 0.302 e. The zero-order valence-electron chi connectivity index (χ0n) is 9.03. The molecule has 1 N–H and O–H groups in total. The molecule has 104 valence electrons. The molecule has 0 heterocycles. The van der Waals surface area contributed by atoms with E-state index in [2.05, 4.69) is 0 Å². The van der Waals surface area contributed by atoms with Gasteiger partial charge in [0.15, 0.2) is 0 Å². The van der Waals surface area contributed by atoms with E-state index >= 15 is 0 Å². The van der Waals surface area contributed by atoms with E-state index in [0.717, 1.165) is 0 Å². The van der Waals surface area contributed by atoms with Crippen LogP contribution < -0.4 is 0 Å². The normalized spacial score (nSPS) is 18.6. The topological polar surface area (TPSA) is 55.8 Å². The Morgan fingerprint density at radius 3 is 1.53 bits per heavy atom. The Balaban J connectivity index is 4.29. The first-order valence-corrected chi connectivity index (χ1v) is 8.55. The Hall–Kier alpha value is 1.27. The summed E-state index contributed by atoms with van der Waals surface area (Å²) in [7, 11) is -4.18. The Bertz CT molecular complexity index is 224. The molecule has 2 atom stereocenters. The maximum absolute atomic E-state index is 11.6. The van der Waals surface area contributed by atoms with Gasteiger partial charge in [-0.15, -0.1) is 46.4 Å². The number of hydrogen-bond donors (Lipinski definition) is 1. The van der Waals surface area contributed by atoms with Gasteiger partial charge in [0.25, 0.3) is 0 Å².